The van der Waals surface area contributed by atoms with E-state index in [2.05, 4.69) is 0 Å². The number of hydrogen-bond acceptors (Lipinski definition) is 7. The monoisotopic (exact) mass is 431 g/mol. The summed E-state index contributed by atoms with van der Waals surface area (Å²) in [4.78, 5) is 41.6. The standard InChI is InChI=1S/C23H29NO7/c1-13-14(2)21-16(15(3)20(13)29-19-7-5-6-12-28-19)10-11-23(4,30-21)22(27)31-24-17(25)8-9-18(24)26/h19H,5-12H2,1-4H3/t19-,23-/m1/s1. The number of amides is 2. The molecule has 1 aromatic rings. The van der Waals surface area contributed by atoms with Crippen molar-refractivity contribution in [3.05, 3.63) is 22.3 Å². The molecule has 2 amide bonds. The quantitative estimate of drug-likeness (QED) is 0.676. The highest BCUT2D eigenvalue weighted by atomic mass is 16.7. The van der Waals surface area contributed by atoms with E-state index in [0.29, 0.717) is 30.3 Å². The molecule has 0 aromatic heterocycles. The summed E-state index contributed by atoms with van der Waals surface area (Å²) >= 11 is 0. The summed E-state index contributed by atoms with van der Waals surface area (Å²) in [6.45, 7) is 8.24. The number of benzene rings is 1. The van der Waals surface area contributed by atoms with E-state index in [-0.39, 0.29) is 19.1 Å². The summed E-state index contributed by atoms with van der Waals surface area (Å²) in [6, 6.07) is 0. The molecule has 0 bridgehead atoms. The van der Waals surface area contributed by atoms with E-state index in [1.54, 1.807) is 6.92 Å². The molecule has 3 aliphatic heterocycles. The van der Waals surface area contributed by atoms with Gasteiger partial charge in [-0.15, -0.1) is 5.06 Å². The van der Waals surface area contributed by atoms with Crippen LogP contribution in [0.25, 0.3) is 0 Å². The molecule has 3 aliphatic rings. The fraction of sp³-hybridized carbons (Fsp3) is 0.609. The van der Waals surface area contributed by atoms with Gasteiger partial charge in [-0.1, -0.05) is 0 Å². The van der Waals surface area contributed by atoms with E-state index in [0.717, 1.165) is 47.3 Å². The molecule has 2 fully saturated rings. The lowest BCUT2D eigenvalue weighted by molar-refractivity contribution is -0.208. The maximum atomic E-state index is 12.9. The maximum absolute atomic E-state index is 12.9. The zero-order valence-corrected chi connectivity index (χ0v) is 18.5. The largest absolute Gasteiger partial charge is 0.475 e. The highest BCUT2D eigenvalue weighted by Gasteiger charge is 2.45. The van der Waals surface area contributed by atoms with E-state index < -0.39 is 23.4 Å². The molecule has 168 valence electrons. The summed E-state index contributed by atoms with van der Waals surface area (Å²) in [5.74, 6) is -0.309. The van der Waals surface area contributed by atoms with Gasteiger partial charge < -0.3 is 19.0 Å². The van der Waals surface area contributed by atoms with Gasteiger partial charge in [-0.05, 0) is 63.6 Å². The number of nitrogens with zero attached hydrogens (tertiary/aromatic N) is 1. The third-order valence-corrected chi connectivity index (χ3v) is 6.49. The lowest BCUT2D eigenvalue weighted by Gasteiger charge is -2.37. The first-order valence-corrected chi connectivity index (χ1v) is 10.9. The zero-order valence-electron chi connectivity index (χ0n) is 18.5. The smallest absolute Gasteiger partial charge is 0.376 e. The minimum absolute atomic E-state index is 0.0531. The molecule has 4 rings (SSSR count). The van der Waals surface area contributed by atoms with Crippen molar-refractivity contribution >= 4 is 17.8 Å². The Hall–Kier alpha value is -2.61. The summed E-state index contributed by atoms with van der Waals surface area (Å²) in [5.41, 5.74) is 2.50. The van der Waals surface area contributed by atoms with Crippen LogP contribution in [0.3, 0.4) is 0 Å². The molecule has 2 atom stereocenters. The minimum Gasteiger partial charge on any atom is -0.475 e. The van der Waals surface area contributed by atoms with Crippen LogP contribution >= 0.6 is 0 Å². The molecule has 8 nitrogen and oxygen atoms in total. The lowest BCUT2D eigenvalue weighted by atomic mass is 9.87. The van der Waals surface area contributed by atoms with Crippen molar-refractivity contribution < 1.29 is 33.4 Å². The molecular weight excluding hydrogens is 402 g/mol. The van der Waals surface area contributed by atoms with E-state index in [4.69, 9.17) is 19.0 Å². The third-order valence-electron chi connectivity index (χ3n) is 6.49. The van der Waals surface area contributed by atoms with Crippen LogP contribution in [0.4, 0.5) is 0 Å². The Morgan fingerprint density at radius 2 is 1.74 bits per heavy atom. The first-order chi connectivity index (χ1) is 14.7. The Morgan fingerprint density at radius 3 is 2.39 bits per heavy atom. The molecule has 1 aromatic carbocycles. The summed E-state index contributed by atoms with van der Waals surface area (Å²) < 4.78 is 18.2. The summed E-state index contributed by atoms with van der Waals surface area (Å²) in [5, 5.41) is 0.566. The average molecular weight is 431 g/mol. The number of imide groups is 1. The Balaban J connectivity index is 1.58. The number of carbonyl (C=O) groups is 3. The van der Waals surface area contributed by atoms with Gasteiger partial charge in [0.2, 0.25) is 5.60 Å². The van der Waals surface area contributed by atoms with Crippen molar-refractivity contribution in [2.75, 3.05) is 6.61 Å². The van der Waals surface area contributed by atoms with E-state index >= 15 is 0 Å². The molecule has 0 unspecified atom stereocenters. The van der Waals surface area contributed by atoms with E-state index in [9.17, 15) is 14.4 Å². The first kappa shape index (κ1) is 21.6. The predicted octanol–water partition coefficient (Wildman–Crippen LogP) is 3.21. The van der Waals surface area contributed by atoms with Crippen molar-refractivity contribution in [2.45, 2.75) is 84.5 Å². The molecule has 0 N–H and O–H groups in total. The van der Waals surface area contributed by atoms with Gasteiger partial charge in [0.1, 0.15) is 11.5 Å². The third kappa shape index (κ3) is 3.89. The number of ether oxygens (including phenoxy) is 3. The predicted molar refractivity (Wildman–Crippen MR) is 109 cm³/mol. The number of fused-ring (bicyclic) bond motifs is 1. The first-order valence-electron chi connectivity index (χ1n) is 10.9. The maximum Gasteiger partial charge on any atom is 0.376 e. The molecular formula is C23H29NO7. The van der Waals surface area contributed by atoms with Crippen LogP contribution in [0, 0.1) is 20.8 Å². The van der Waals surface area contributed by atoms with Gasteiger partial charge >= 0.3 is 5.97 Å². The fourth-order valence-corrected chi connectivity index (χ4v) is 4.33. The number of hydroxylamine groups is 2. The minimum atomic E-state index is -1.30. The number of carbonyl (C=O) groups excluding carboxylic acids is 3. The van der Waals surface area contributed by atoms with Crippen LogP contribution < -0.4 is 9.47 Å². The van der Waals surface area contributed by atoms with Crippen LogP contribution in [-0.2, 0) is 30.4 Å². The Kier molecular flexibility index (Phi) is 5.68. The van der Waals surface area contributed by atoms with Crippen molar-refractivity contribution in [1.82, 2.24) is 5.06 Å². The van der Waals surface area contributed by atoms with Crippen LogP contribution in [0.15, 0.2) is 0 Å². The highest BCUT2D eigenvalue weighted by molar-refractivity contribution is 6.02. The molecule has 2 saturated heterocycles. The van der Waals surface area contributed by atoms with Gasteiger partial charge in [0.25, 0.3) is 11.8 Å². The SMILES string of the molecule is Cc1c(C)c2c(c(C)c1O[C@@H]1CCCCO1)CC[C@](C)(C(=O)ON1C(=O)CCC1=O)O2. The van der Waals surface area contributed by atoms with Crippen LogP contribution in [-0.4, -0.2) is 41.3 Å². The fourth-order valence-electron chi connectivity index (χ4n) is 4.33. The van der Waals surface area contributed by atoms with Gasteiger partial charge in [-0.25, -0.2) is 4.79 Å². The topological polar surface area (TPSA) is 91.4 Å². The normalized spacial score (nSPS) is 25.8. The van der Waals surface area contributed by atoms with Gasteiger partial charge in [0, 0.05) is 31.2 Å². The number of rotatable bonds is 4. The van der Waals surface area contributed by atoms with Crippen molar-refractivity contribution in [3.63, 3.8) is 0 Å². The molecule has 0 aliphatic carbocycles. The number of hydrogen-bond donors (Lipinski definition) is 0. The Bertz CT molecular complexity index is 919. The average Bonchev–Trinajstić information content (AvgIpc) is 3.08. The van der Waals surface area contributed by atoms with Crippen LogP contribution in [0.2, 0.25) is 0 Å². The van der Waals surface area contributed by atoms with Crippen molar-refractivity contribution in [3.8, 4) is 11.5 Å². The van der Waals surface area contributed by atoms with Gasteiger partial charge in [0.15, 0.2) is 6.29 Å². The summed E-state index contributed by atoms with van der Waals surface area (Å²) in [7, 11) is 0. The molecule has 0 radical (unpaired) electrons. The molecule has 3 heterocycles. The molecule has 0 saturated carbocycles. The van der Waals surface area contributed by atoms with Gasteiger partial charge in [0.05, 0.1) is 6.61 Å². The van der Waals surface area contributed by atoms with Gasteiger partial charge in [-0.3, -0.25) is 9.59 Å². The second-order valence-electron chi connectivity index (χ2n) is 8.72. The molecule has 31 heavy (non-hydrogen) atoms. The second kappa shape index (κ2) is 8.15. The molecule has 0 spiro atoms. The Morgan fingerprint density at radius 1 is 1.03 bits per heavy atom. The molecule has 8 heteroatoms. The second-order valence-corrected chi connectivity index (χ2v) is 8.72. The lowest BCUT2D eigenvalue weighted by Crippen LogP contribution is -2.49. The highest BCUT2D eigenvalue weighted by Crippen LogP contribution is 2.44. The Labute approximate surface area is 181 Å². The van der Waals surface area contributed by atoms with Crippen molar-refractivity contribution in [2.24, 2.45) is 0 Å². The zero-order chi connectivity index (χ0) is 22.3. The van der Waals surface area contributed by atoms with E-state index in [1.165, 1.54) is 0 Å². The van der Waals surface area contributed by atoms with Crippen LogP contribution in [0.5, 0.6) is 11.5 Å². The van der Waals surface area contributed by atoms with Crippen molar-refractivity contribution in [1.29, 1.82) is 0 Å². The van der Waals surface area contributed by atoms with E-state index in [1.807, 2.05) is 20.8 Å². The van der Waals surface area contributed by atoms with Gasteiger partial charge in [-0.2, -0.15) is 0 Å². The van der Waals surface area contributed by atoms with Crippen LogP contribution in [0.1, 0.15) is 67.7 Å². The summed E-state index contributed by atoms with van der Waals surface area (Å²) in [6.07, 6.45) is 3.80.